The van der Waals surface area contributed by atoms with E-state index in [2.05, 4.69) is 25.7 Å². The molecule has 0 unspecified atom stereocenters. The maximum atomic E-state index is 13.7. The van der Waals surface area contributed by atoms with Gasteiger partial charge in [0.2, 0.25) is 5.88 Å². The normalized spacial score (nSPS) is 14.4. The lowest BCUT2D eigenvalue weighted by molar-refractivity contribution is -0.137. The van der Waals surface area contributed by atoms with E-state index in [1.54, 1.807) is 42.5 Å². The molecule has 0 aliphatic carbocycles. The van der Waals surface area contributed by atoms with E-state index in [1.807, 2.05) is 11.9 Å². The van der Waals surface area contributed by atoms with Gasteiger partial charge in [-0.2, -0.15) is 13.2 Å². The highest BCUT2D eigenvalue weighted by Gasteiger charge is 2.32. The first-order valence-corrected chi connectivity index (χ1v) is 12.1. The van der Waals surface area contributed by atoms with Gasteiger partial charge >= 0.3 is 6.18 Å². The van der Waals surface area contributed by atoms with Crippen LogP contribution in [-0.4, -0.2) is 54.1 Å². The Balaban J connectivity index is 1.36. The third-order valence-corrected chi connectivity index (χ3v) is 6.63. The molecule has 12 heteroatoms. The summed E-state index contributed by atoms with van der Waals surface area (Å²) in [6.45, 7) is 2.55. The van der Waals surface area contributed by atoms with E-state index in [0.717, 1.165) is 12.1 Å². The van der Waals surface area contributed by atoms with E-state index in [9.17, 15) is 28.0 Å². The molecule has 1 aromatic heterocycles. The van der Waals surface area contributed by atoms with Crippen LogP contribution in [0.25, 0.3) is 10.9 Å². The van der Waals surface area contributed by atoms with Gasteiger partial charge in [-0.05, 0) is 66.8 Å². The zero-order valence-electron chi connectivity index (χ0n) is 20.8. The number of aromatic amines is 1. The number of halogens is 3. The molecule has 3 aromatic carbocycles. The van der Waals surface area contributed by atoms with Crippen molar-refractivity contribution in [2.75, 3.05) is 48.8 Å². The Morgan fingerprint density at radius 2 is 1.69 bits per heavy atom. The summed E-state index contributed by atoms with van der Waals surface area (Å²) in [5.41, 5.74) is 1.42. The van der Waals surface area contributed by atoms with Crippen LogP contribution in [0.4, 0.5) is 41.6 Å². The number of hydrogen-bond acceptors (Lipinski definition) is 7. The molecule has 5 rings (SSSR count). The number of amides is 1. The van der Waals surface area contributed by atoms with Gasteiger partial charge in [0.15, 0.2) is 5.69 Å². The van der Waals surface area contributed by atoms with Crippen molar-refractivity contribution in [1.82, 2.24) is 9.88 Å². The molecule has 0 bridgehead atoms. The molecule has 0 spiro atoms. The number of likely N-dealkylation sites (N-methyl/N-ethyl adjacent to an activating group) is 1. The van der Waals surface area contributed by atoms with Crippen LogP contribution in [0.3, 0.4) is 0 Å². The van der Waals surface area contributed by atoms with Gasteiger partial charge in [0.1, 0.15) is 0 Å². The number of hydrogen-bond donors (Lipinski definition) is 4. The van der Waals surface area contributed by atoms with Crippen LogP contribution >= 0.6 is 0 Å². The molecule has 1 aliphatic heterocycles. The summed E-state index contributed by atoms with van der Waals surface area (Å²) in [6.07, 6.45) is -4.60. The second kappa shape index (κ2) is 10.3. The van der Waals surface area contributed by atoms with Gasteiger partial charge in [0.05, 0.1) is 11.1 Å². The molecule has 1 amide bonds. The molecular weight excluding hydrogens is 513 g/mol. The van der Waals surface area contributed by atoms with Gasteiger partial charge in [0, 0.05) is 59.9 Å². The van der Waals surface area contributed by atoms with Crippen molar-refractivity contribution in [2.45, 2.75) is 6.18 Å². The second-order valence-electron chi connectivity index (χ2n) is 9.39. The van der Waals surface area contributed by atoms with Crippen LogP contribution in [0.15, 0.2) is 65.8 Å². The number of fused-ring (bicyclic) bond motifs is 1. The van der Waals surface area contributed by atoms with Crippen LogP contribution in [0.2, 0.25) is 0 Å². The summed E-state index contributed by atoms with van der Waals surface area (Å²) >= 11 is 0. The van der Waals surface area contributed by atoms with Gasteiger partial charge in [0.25, 0.3) is 5.91 Å². The zero-order chi connectivity index (χ0) is 27.7. The molecule has 9 nitrogen and oxygen atoms in total. The maximum absolute atomic E-state index is 13.7. The van der Waals surface area contributed by atoms with Crippen molar-refractivity contribution in [3.8, 4) is 5.88 Å². The van der Waals surface area contributed by atoms with Gasteiger partial charge in [-0.1, -0.05) is 6.07 Å². The fourth-order valence-corrected chi connectivity index (χ4v) is 4.54. The van der Waals surface area contributed by atoms with E-state index in [1.165, 1.54) is 6.07 Å². The lowest BCUT2D eigenvalue weighted by Crippen LogP contribution is -2.44. The van der Waals surface area contributed by atoms with Crippen LogP contribution in [0, 0.1) is 4.91 Å². The number of carbonyl (C=O) groups excluding carboxylic acids is 1. The summed E-state index contributed by atoms with van der Waals surface area (Å²) in [5.74, 6) is -0.988. The van der Waals surface area contributed by atoms with Crippen LogP contribution in [0.1, 0.15) is 15.9 Å². The number of carbonyl (C=O) groups is 1. The lowest BCUT2D eigenvalue weighted by atomic mass is 10.1. The first-order chi connectivity index (χ1) is 18.6. The SMILES string of the molecule is CN1CCN(c2cc(C(=O)Nc3cccc(Nc4ccc5c(N=O)c(O)[nH]c5c4)c3)cc(C(F)(F)F)c2)CC1. The first-order valence-electron chi connectivity index (χ1n) is 12.1. The van der Waals surface area contributed by atoms with Crippen molar-refractivity contribution in [3.05, 3.63) is 76.7 Å². The summed E-state index contributed by atoms with van der Waals surface area (Å²) in [5, 5.41) is 19.0. The van der Waals surface area contributed by atoms with Crippen molar-refractivity contribution in [3.63, 3.8) is 0 Å². The molecule has 0 radical (unpaired) electrons. The third-order valence-electron chi connectivity index (χ3n) is 6.63. The van der Waals surface area contributed by atoms with E-state index in [4.69, 9.17) is 0 Å². The molecule has 1 saturated heterocycles. The standard InChI is InChI=1S/C27H25F3N6O3/c1-35-7-9-36(10-8-35)21-12-16(11-17(13-21)27(28,29)30)25(37)32-19-4-2-3-18(14-19)31-20-5-6-22-23(15-20)33-26(38)24(22)34-39/h2-6,11-15,31,33,38H,7-10H2,1H3,(H,32,37). The minimum atomic E-state index is -4.60. The molecule has 4 aromatic rings. The minimum Gasteiger partial charge on any atom is -0.493 e. The van der Waals surface area contributed by atoms with Crippen molar-refractivity contribution >= 4 is 45.2 Å². The molecule has 4 N–H and O–H groups in total. The molecule has 2 heterocycles. The summed E-state index contributed by atoms with van der Waals surface area (Å²) in [6, 6.07) is 15.1. The number of nitrogens with zero attached hydrogens (tertiary/aromatic N) is 3. The topological polar surface area (TPSA) is 113 Å². The van der Waals surface area contributed by atoms with E-state index < -0.39 is 17.6 Å². The largest absolute Gasteiger partial charge is 0.493 e. The van der Waals surface area contributed by atoms with E-state index in [-0.39, 0.29) is 17.1 Å². The number of benzene rings is 3. The first kappa shape index (κ1) is 26.0. The average molecular weight is 539 g/mol. The summed E-state index contributed by atoms with van der Waals surface area (Å²) < 4.78 is 41.0. The van der Waals surface area contributed by atoms with Gasteiger partial charge in [-0.3, -0.25) is 4.79 Å². The lowest BCUT2D eigenvalue weighted by Gasteiger charge is -2.34. The number of alkyl halides is 3. The third kappa shape index (κ3) is 5.65. The highest BCUT2D eigenvalue weighted by Crippen LogP contribution is 2.37. The predicted octanol–water partition coefficient (Wildman–Crippen LogP) is 6.04. The van der Waals surface area contributed by atoms with E-state index in [0.29, 0.717) is 59.8 Å². The Kier molecular flexibility index (Phi) is 6.87. The number of aromatic nitrogens is 1. The molecule has 1 aliphatic rings. The Morgan fingerprint density at radius 1 is 0.974 bits per heavy atom. The average Bonchev–Trinajstić information content (AvgIpc) is 3.22. The quantitative estimate of drug-likeness (QED) is 0.223. The van der Waals surface area contributed by atoms with Crippen molar-refractivity contribution < 1.29 is 23.1 Å². The number of H-pyrrole nitrogens is 1. The Morgan fingerprint density at radius 3 is 2.41 bits per heavy atom. The molecule has 0 atom stereocenters. The zero-order valence-corrected chi connectivity index (χ0v) is 20.8. The van der Waals surface area contributed by atoms with Gasteiger partial charge in [-0.25, -0.2) is 0 Å². The van der Waals surface area contributed by atoms with Crippen molar-refractivity contribution in [1.29, 1.82) is 0 Å². The summed E-state index contributed by atoms with van der Waals surface area (Å²) in [7, 11) is 1.95. The van der Waals surface area contributed by atoms with Crippen LogP contribution in [-0.2, 0) is 6.18 Å². The minimum absolute atomic E-state index is 0.0772. The summed E-state index contributed by atoms with van der Waals surface area (Å²) in [4.78, 5) is 30.6. The van der Waals surface area contributed by atoms with Gasteiger partial charge in [-0.15, -0.1) is 4.91 Å². The number of anilines is 4. The fraction of sp³-hybridized carbons (Fsp3) is 0.222. The number of nitroso groups, excluding NO2 is 1. The smallest absolute Gasteiger partial charge is 0.416 e. The monoisotopic (exact) mass is 538 g/mol. The number of nitrogens with one attached hydrogen (secondary N) is 3. The highest BCUT2D eigenvalue weighted by molar-refractivity contribution is 6.05. The number of piperazine rings is 1. The van der Waals surface area contributed by atoms with Crippen LogP contribution < -0.4 is 15.5 Å². The molecule has 202 valence electrons. The van der Waals surface area contributed by atoms with Gasteiger partial charge < -0.3 is 30.5 Å². The molecular formula is C27H25F3N6O3. The Hall–Kier alpha value is -4.58. The Labute approximate surface area is 221 Å². The molecule has 39 heavy (non-hydrogen) atoms. The molecule has 0 saturated carbocycles. The maximum Gasteiger partial charge on any atom is 0.416 e. The highest BCUT2D eigenvalue weighted by atomic mass is 19.4. The van der Waals surface area contributed by atoms with E-state index >= 15 is 0 Å². The molecule has 1 fully saturated rings. The number of aromatic hydroxyl groups is 1. The fourth-order valence-electron chi connectivity index (χ4n) is 4.54. The predicted molar refractivity (Wildman–Crippen MR) is 144 cm³/mol. The van der Waals surface area contributed by atoms with Crippen molar-refractivity contribution in [2.24, 2.45) is 5.18 Å². The Bertz CT molecular complexity index is 1540. The van der Waals surface area contributed by atoms with Crippen LogP contribution in [0.5, 0.6) is 5.88 Å². The number of rotatable bonds is 6. The second-order valence-corrected chi connectivity index (χ2v) is 9.39.